The Balaban J connectivity index is 0.000000301. The molecule has 0 spiro atoms. The summed E-state index contributed by atoms with van der Waals surface area (Å²) >= 11 is 0. The van der Waals surface area contributed by atoms with E-state index in [1.165, 1.54) is 79.8 Å². The molecule has 0 saturated carbocycles. The molecule has 0 unspecified atom stereocenters. The number of carbonyl (C=O) groups is 2. The molecule has 6 aromatic rings. The fraction of sp³-hybridized carbons (Fsp3) is 0.430. The van der Waals surface area contributed by atoms with Crippen molar-refractivity contribution in [2.24, 2.45) is 0 Å². The number of benzene rings is 6. The molecule has 33 heteroatoms. The van der Waals surface area contributed by atoms with Crippen LogP contribution in [0.2, 0.25) is 0 Å². The number of carbonyl (C=O) groups excluding carboxylic acids is 2. The van der Waals surface area contributed by atoms with E-state index in [2.05, 4.69) is 235 Å². The normalized spacial score (nSPS) is 19.1. The molecule has 3 N–H and O–H groups in total. The van der Waals surface area contributed by atoms with E-state index in [1.807, 2.05) is 74.3 Å². The van der Waals surface area contributed by atoms with Gasteiger partial charge in [0.25, 0.3) is 0 Å². The number of fused-ring (bicyclic) bond motifs is 4. The number of ether oxygens (including phenoxy) is 1. The minimum Gasteiger partial charge on any atom is -0.748 e. The summed E-state index contributed by atoms with van der Waals surface area (Å²) in [6.45, 7) is 37.0. The van der Waals surface area contributed by atoms with Crippen molar-refractivity contribution >= 4 is 110 Å². The largest absolute Gasteiger partial charge is 1.00 e. The summed E-state index contributed by atoms with van der Waals surface area (Å²) in [5.74, 6) is -0.443. The number of hydrogen-bond acceptors (Lipinski definition) is 22. The Morgan fingerprint density at radius 1 is 0.549 bits per heavy atom. The number of allylic oxidation sites excluding steroid dienone is 14. The molecule has 0 aromatic heterocycles. The van der Waals surface area contributed by atoms with Gasteiger partial charge in [0.15, 0.2) is 11.4 Å². The van der Waals surface area contributed by atoms with Gasteiger partial charge in [-0.3, -0.25) is 19.4 Å². The van der Waals surface area contributed by atoms with Gasteiger partial charge in [0.1, 0.15) is 28.9 Å². The SMILES string of the molecule is CCCN1/C(=C/C=C2\CCCC(/C=C/C3=[N+](CCC)c4ccccc4C3(C)C)=C2Nc2ccc(NC(=O)CN3CCOCC3)cc2)C(C)(C)c2ccccc21.O=S(=O)=O.O=S(=O)=O.[CH2-]CCC[N+]1=C(C=CC2=C(Nc3ccc(N(C)C(=O)CN4CCN(C)CC4)cc3)C(=CC=C3N(CCCCS(=O)(=O)[O-])c4ccc(S(=O)(=O)[O-])cc4C3(C)C)CCC2)C(C)(C)c2c[c-]ccc21.[Na+].[Na+].[Na+]. The Hall–Kier alpha value is -7.38. The maximum atomic E-state index is 13.4. The smallest absolute Gasteiger partial charge is 0.748 e. The Kier molecular flexibility index (Phi) is 41.5. The molecule has 2 amide bonds. The molecule has 0 atom stereocenters. The maximum Gasteiger partial charge on any atom is 1.00 e. The van der Waals surface area contributed by atoms with Crippen LogP contribution < -0.4 is 119 Å². The Bertz CT molecular complexity index is 5960. The minimum atomic E-state index is -4.74. The second kappa shape index (κ2) is 49.8. The number of para-hydroxylation sites is 2. The molecule has 14 rings (SSSR count). The average molecular weight is 1920 g/mol. The van der Waals surface area contributed by atoms with Crippen LogP contribution in [0.3, 0.4) is 0 Å². The fourth-order valence-electron chi connectivity index (χ4n) is 18.7. The molecule has 2 saturated heterocycles. The van der Waals surface area contributed by atoms with Gasteiger partial charge in [-0.25, -0.2) is 21.4 Å². The molecule has 6 aliphatic heterocycles. The molecular formula is C100H125N11Na3O15S4+. The number of unbranched alkanes of at least 4 members (excludes halogenated alkanes) is 2. The van der Waals surface area contributed by atoms with Crippen LogP contribution in [0, 0.1) is 13.0 Å². The molecule has 8 aliphatic rings. The van der Waals surface area contributed by atoms with Gasteiger partial charge in [-0.2, -0.15) is 29.2 Å². The zero-order valence-corrected chi connectivity index (χ0v) is 89.2. The first-order valence-corrected chi connectivity index (χ1v) is 49.8. The third-order valence-corrected chi connectivity index (χ3v) is 27.3. The summed E-state index contributed by atoms with van der Waals surface area (Å²) in [6, 6.07) is 47.8. The number of hydrogen-bond donors (Lipinski definition) is 3. The van der Waals surface area contributed by atoms with E-state index in [9.17, 15) is 35.5 Å². The van der Waals surface area contributed by atoms with Crippen molar-refractivity contribution in [2.45, 2.75) is 173 Å². The Morgan fingerprint density at radius 2 is 1.05 bits per heavy atom. The molecule has 6 heterocycles. The second-order valence-corrected chi connectivity index (χ2v) is 39.8. The molecule has 2 aliphatic carbocycles. The number of anilines is 6. The topological polar surface area (TPSA) is 322 Å². The summed E-state index contributed by atoms with van der Waals surface area (Å²) in [5, 5.41) is 10.8. The summed E-state index contributed by atoms with van der Waals surface area (Å²) in [6.07, 6.45) is 28.2. The number of nitrogens with zero attached hydrogens (tertiary/aromatic N) is 8. The molecule has 6 aromatic carbocycles. The molecule has 26 nitrogen and oxygen atoms in total. The predicted molar refractivity (Wildman–Crippen MR) is 513 cm³/mol. The van der Waals surface area contributed by atoms with Crippen LogP contribution in [0.25, 0.3) is 0 Å². The van der Waals surface area contributed by atoms with Crippen LogP contribution >= 0.6 is 0 Å². The summed E-state index contributed by atoms with van der Waals surface area (Å²) < 4.78 is 132. The summed E-state index contributed by atoms with van der Waals surface area (Å²) in [7, 11) is -11.4. The van der Waals surface area contributed by atoms with Crippen LogP contribution in [-0.2, 0) is 77.4 Å². The molecular weight excluding hydrogens is 1790 g/mol. The van der Waals surface area contributed by atoms with Gasteiger partial charge in [-0.05, 0) is 203 Å². The Morgan fingerprint density at radius 3 is 1.59 bits per heavy atom. The van der Waals surface area contributed by atoms with E-state index in [4.69, 9.17) is 30.0 Å². The van der Waals surface area contributed by atoms with Gasteiger partial charge in [0.2, 0.25) is 17.5 Å². The number of likely N-dealkylation sites (N-methyl/N-ethyl adjacent to an activating group) is 2. The van der Waals surface area contributed by atoms with Gasteiger partial charge in [0, 0.05) is 169 Å². The fourth-order valence-corrected chi connectivity index (χ4v) is 19.8. The van der Waals surface area contributed by atoms with Crippen molar-refractivity contribution in [1.29, 1.82) is 0 Å². The second-order valence-electron chi connectivity index (χ2n) is 36.1. The first-order chi connectivity index (χ1) is 61.8. The first kappa shape index (κ1) is 111. The molecule has 0 radical (unpaired) electrons. The molecule has 0 bridgehead atoms. The van der Waals surface area contributed by atoms with Crippen molar-refractivity contribution in [1.82, 2.24) is 14.7 Å². The van der Waals surface area contributed by atoms with E-state index >= 15 is 0 Å². The van der Waals surface area contributed by atoms with Crippen molar-refractivity contribution in [3.8, 4) is 0 Å². The molecule has 696 valence electrons. The van der Waals surface area contributed by atoms with Crippen LogP contribution in [0.1, 0.15) is 169 Å². The Labute approximate surface area is 857 Å². The third kappa shape index (κ3) is 28.5. The van der Waals surface area contributed by atoms with Gasteiger partial charge >= 0.3 is 110 Å². The summed E-state index contributed by atoms with van der Waals surface area (Å²) in [5.41, 5.74) is 23.1. The van der Waals surface area contributed by atoms with Gasteiger partial charge in [-0.1, -0.05) is 122 Å². The van der Waals surface area contributed by atoms with Crippen molar-refractivity contribution in [3.63, 3.8) is 0 Å². The standard InChI is InChI=1S/C52H66N6O7S2.C48H59N5O2.3Na.2O3S/c1-8-9-29-57-45-18-11-10-17-43(45)51(2,3)47(57)27-19-38-15-14-16-39(50(38)53-40-21-23-41(24-22-40)55(7)49(59)37-56-33-31-54(6)32-34-56)20-28-48-52(4,5)44-36-42(67(63,64)65)25-26-46(44)58(48)30-12-13-35-66(60,61)62;1-7-28-52-41-18-11-9-16-39(41)47(3,4)43(52)26-20-35-14-13-15-36(21-27-44-48(5,6)40-17-10-12-19-42(40)53(44)29-8-2)46(35)50-38-24-22-37(23-25-38)49-45(54)34-51-30-32-55-33-31-51;;;;2*1-4(2)3/h11,17-28,36H,1,8-9,12-16,29-35,37H2,2-7H3,(H2,60,61,62,63,64,65);9-12,16-27H,7-8,13-15,28-34H2,1-6H3,(H,49,54);;;;;/q-2;;3*+1;;/b;35-20+,43-26+;;;;;. The van der Waals surface area contributed by atoms with Crippen molar-refractivity contribution in [2.75, 3.05) is 142 Å². The van der Waals surface area contributed by atoms with E-state index in [0.29, 0.717) is 44.8 Å². The van der Waals surface area contributed by atoms with E-state index < -0.39 is 52.6 Å². The third-order valence-electron chi connectivity index (χ3n) is 25.6. The van der Waals surface area contributed by atoms with Crippen LogP contribution in [0.15, 0.2) is 232 Å². The van der Waals surface area contributed by atoms with Gasteiger partial charge in [0.05, 0.1) is 46.7 Å². The van der Waals surface area contributed by atoms with Crippen LogP contribution in [0.5, 0.6) is 0 Å². The van der Waals surface area contributed by atoms with E-state index in [-0.39, 0.29) is 128 Å². The minimum absolute atomic E-state index is 0. The monoisotopic (exact) mass is 1920 g/mol. The predicted octanol–water partition coefficient (Wildman–Crippen LogP) is 6.50. The van der Waals surface area contributed by atoms with Gasteiger partial charge < -0.3 is 56.3 Å². The zero-order chi connectivity index (χ0) is 94.0. The molecule has 133 heavy (non-hydrogen) atoms. The van der Waals surface area contributed by atoms with Crippen LogP contribution in [0.4, 0.5) is 45.5 Å². The number of piperazine rings is 1. The van der Waals surface area contributed by atoms with E-state index in [0.717, 1.165) is 174 Å². The average Bonchev–Trinajstić information content (AvgIpc) is 1.58. The number of amides is 2. The zero-order valence-electron chi connectivity index (χ0n) is 80.0. The number of morpholine rings is 1. The summed E-state index contributed by atoms with van der Waals surface area (Å²) in [4.78, 5) is 38.8. The van der Waals surface area contributed by atoms with E-state index in [1.54, 1.807) is 11.0 Å². The maximum absolute atomic E-state index is 13.4. The van der Waals surface area contributed by atoms with Gasteiger partial charge in [-0.15, -0.1) is 31.3 Å². The van der Waals surface area contributed by atoms with Crippen molar-refractivity contribution in [3.05, 3.63) is 262 Å². The number of nitrogens with one attached hydrogen (secondary N) is 3. The van der Waals surface area contributed by atoms with Crippen molar-refractivity contribution < 1.29 is 163 Å². The molecule has 2 fully saturated rings. The van der Waals surface area contributed by atoms with Crippen LogP contribution in [-0.4, -0.2) is 210 Å². The number of rotatable bonds is 29. The first-order valence-electron chi connectivity index (χ1n) is 44.9. The quantitative estimate of drug-likeness (QED) is 0.0148.